The van der Waals surface area contributed by atoms with Crippen molar-refractivity contribution in [1.82, 2.24) is 4.98 Å². The lowest BCUT2D eigenvalue weighted by atomic mass is 9.96. The van der Waals surface area contributed by atoms with Crippen LogP contribution in [0.1, 0.15) is 29.6 Å². The number of sulfone groups is 1. The monoisotopic (exact) mass is 459 g/mol. The van der Waals surface area contributed by atoms with Crippen LogP contribution in [0.5, 0.6) is 11.5 Å². The summed E-state index contributed by atoms with van der Waals surface area (Å²) < 4.78 is 45.3. The summed E-state index contributed by atoms with van der Waals surface area (Å²) in [7, 11) is -3.79. The molecule has 3 rings (SSSR count). The molecule has 2 aromatic rings. The van der Waals surface area contributed by atoms with Gasteiger partial charge >= 0.3 is 5.97 Å². The van der Waals surface area contributed by atoms with Crippen LogP contribution in [0, 0.1) is 0 Å². The highest BCUT2D eigenvalue weighted by Gasteiger charge is 2.46. The van der Waals surface area contributed by atoms with Crippen LogP contribution in [0.3, 0.4) is 0 Å². The summed E-state index contributed by atoms with van der Waals surface area (Å²) in [5.74, 6) is -2.28. The maximum Gasteiger partial charge on any atom is 0.304 e. The van der Waals surface area contributed by atoms with E-state index in [1.807, 2.05) is 0 Å². The summed E-state index contributed by atoms with van der Waals surface area (Å²) in [6, 6.07) is 4.14. The molecule has 1 aliphatic rings. The second kappa shape index (κ2) is 7.17. The number of aliphatic hydroxyl groups is 1. The van der Waals surface area contributed by atoms with Crippen molar-refractivity contribution in [3.05, 3.63) is 46.2 Å². The molecule has 0 fully saturated rings. The number of aliphatic hydroxyl groups excluding tert-OH is 1. The number of fused-ring (bicyclic) bond motifs is 1. The number of aliphatic carboxylic acids is 1. The summed E-state index contributed by atoms with van der Waals surface area (Å²) in [6.45, 7) is 0. The molecule has 0 spiro atoms. The topological polar surface area (TPSA) is 114 Å². The van der Waals surface area contributed by atoms with Crippen LogP contribution in [-0.2, 0) is 14.6 Å². The highest BCUT2D eigenvalue weighted by molar-refractivity contribution is 9.10. The number of rotatable bonds is 5. The highest BCUT2D eigenvalue weighted by Crippen LogP contribution is 2.51. The molecule has 7 nitrogen and oxygen atoms in total. The zero-order chi connectivity index (χ0) is 19.9. The van der Waals surface area contributed by atoms with E-state index in [0.717, 1.165) is 6.26 Å². The summed E-state index contributed by atoms with van der Waals surface area (Å²) in [4.78, 5) is 14.9. The number of hydrogen-bond donors (Lipinski definition) is 2. The number of halogens is 2. The fourth-order valence-corrected chi connectivity index (χ4v) is 4.53. The Kier molecular flexibility index (Phi) is 5.24. The lowest BCUT2D eigenvalue weighted by Gasteiger charge is -2.16. The Morgan fingerprint density at radius 1 is 1.33 bits per heavy atom. The van der Waals surface area contributed by atoms with Gasteiger partial charge in [-0.3, -0.25) is 9.78 Å². The van der Waals surface area contributed by atoms with Crippen molar-refractivity contribution in [3.63, 3.8) is 0 Å². The van der Waals surface area contributed by atoms with E-state index in [9.17, 15) is 22.7 Å². The average Bonchev–Trinajstić information content (AvgIpc) is 2.79. The lowest BCUT2D eigenvalue weighted by molar-refractivity contribution is -0.138. The average molecular weight is 460 g/mol. The predicted molar refractivity (Wildman–Crippen MR) is 96.4 cm³/mol. The molecule has 27 heavy (non-hydrogen) atoms. The van der Waals surface area contributed by atoms with Gasteiger partial charge in [0.1, 0.15) is 23.8 Å². The zero-order valence-electron chi connectivity index (χ0n) is 14.0. The van der Waals surface area contributed by atoms with Crippen molar-refractivity contribution in [3.8, 4) is 11.5 Å². The summed E-state index contributed by atoms with van der Waals surface area (Å²) in [5, 5.41) is 19.5. The number of carbonyl (C=O) groups is 1. The molecular formula is C17H15BrFNO6S. The van der Waals surface area contributed by atoms with Gasteiger partial charge in [-0.25, -0.2) is 12.8 Å². The Morgan fingerprint density at radius 3 is 2.63 bits per heavy atom. The molecule has 0 unspecified atom stereocenters. The smallest absolute Gasteiger partial charge is 0.304 e. The van der Waals surface area contributed by atoms with Crippen LogP contribution in [0.25, 0.3) is 0 Å². The summed E-state index contributed by atoms with van der Waals surface area (Å²) in [6.07, 6.45) is -0.473. The maximum absolute atomic E-state index is 14.7. The van der Waals surface area contributed by atoms with Gasteiger partial charge in [0, 0.05) is 28.4 Å². The first-order valence-corrected chi connectivity index (χ1v) is 10.5. The molecule has 3 atom stereocenters. The van der Waals surface area contributed by atoms with Crippen LogP contribution in [0.15, 0.2) is 40.0 Å². The summed E-state index contributed by atoms with van der Waals surface area (Å²) in [5.41, 5.74) is -0.114. The molecule has 144 valence electrons. The van der Waals surface area contributed by atoms with Crippen molar-refractivity contribution >= 4 is 31.7 Å². The first kappa shape index (κ1) is 19.7. The van der Waals surface area contributed by atoms with Gasteiger partial charge in [-0.1, -0.05) is 0 Å². The van der Waals surface area contributed by atoms with Gasteiger partial charge in [-0.2, -0.15) is 0 Å². The molecular weight excluding hydrogens is 445 g/mol. The van der Waals surface area contributed by atoms with E-state index in [1.54, 1.807) is 6.07 Å². The van der Waals surface area contributed by atoms with E-state index in [1.165, 1.54) is 24.5 Å². The minimum atomic E-state index is -3.79. The number of benzene rings is 1. The second-order valence-electron chi connectivity index (χ2n) is 6.20. The van der Waals surface area contributed by atoms with Gasteiger partial charge in [0.05, 0.1) is 17.5 Å². The van der Waals surface area contributed by atoms with E-state index in [2.05, 4.69) is 20.9 Å². The van der Waals surface area contributed by atoms with E-state index in [4.69, 9.17) is 9.84 Å². The van der Waals surface area contributed by atoms with E-state index in [-0.39, 0.29) is 27.5 Å². The quantitative estimate of drug-likeness (QED) is 0.705. The molecule has 10 heteroatoms. The fraction of sp³-hybridized carbons (Fsp3) is 0.294. The van der Waals surface area contributed by atoms with Crippen molar-refractivity contribution in [2.24, 2.45) is 0 Å². The normalized spacial score (nSPS) is 21.7. The maximum atomic E-state index is 14.7. The molecule has 0 saturated heterocycles. The van der Waals surface area contributed by atoms with E-state index >= 15 is 0 Å². The molecule has 1 aliphatic carbocycles. The molecule has 1 aromatic carbocycles. The Hall–Kier alpha value is -2.04. The predicted octanol–water partition coefficient (Wildman–Crippen LogP) is 2.98. The molecule has 0 bridgehead atoms. The van der Waals surface area contributed by atoms with Gasteiger partial charge in [0.15, 0.2) is 9.84 Å². The molecule has 0 aliphatic heterocycles. The SMILES string of the molecule is CS(=O)(=O)c1ccc(Oc2cncc(Br)c2)c2c1[C@H](CC(=O)O)[C@@H](F)[C@H]2O. The summed E-state index contributed by atoms with van der Waals surface area (Å²) >= 11 is 3.24. The van der Waals surface area contributed by atoms with Gasteiger partial charge in [0.25, 0.3) is 0 Å². The number of carboxylic acids is 1. The molecule has 1 heterocycles. The number of nitrogens with zero attached hydrogens (tertiary/aromatic N) is 1. The fourth-order valence-electron chi connectivity index (χ4n) is 3.21. The van der Waals surface area contributed by atoms with E-state index in [0.29, 0.717) is 4.47 Å². The van der Waals surface area contributed by atoms with Crippen molar-refractivity contribution in [1.29, 1.82) is 0 Å². The van der Waals surface area contributed by atoms with Crippen LogP contribution in [0.2, 0.25) is 0 Å². The second-order valence-corrected chi connectivity index (χ2v) is 9.10. The Bertz CT molecular complexity index is 1010. The third-order valence-electron chi connectivity index (χ3n) is 4.26. The van der Waals surface area contributed by atoms with E-state index < -0.39 is 40.4 Å². The largest absolute Gasteiger partial charge is 0.481 e. The molecule has 0 amide bonds. The number of pyridine rings is 1. The van der Waals surface area contributed by atoms with Crippen LogP contribution >= 0.6 is 15.9 Å². The Balaban J connectivity index is 2.19. The van der Waals surface area contributed by atoms with Crippen LogP contribution in [-0.4, -0.2) is 42.0 Å². The molecule has 1 aromatic heterocycles. The van der Waals surface area contributed by atoms with Gasteiger partial charge in [-0.05, 0) is 39.7 Å². The van der Waals surface area contributed by atoms with Crippen LogP contribution in [0.4, 0.5) is 4.39 Å². The lowest BCUT2D eigenvalue weighted by Crippen LogP contribution is -2.17. The standard InChI is InChI=1S/C17H15BrFNO6S/c1-27(24,25)12-3-2-11(26-9-4-8(18)6-20-7-9)15-14(12)10(5-13(21)22)16(19)17(15)23/h2-4,6-7,10,16-17,23H,5H2,1H3,(H,21,22)/t10-,16+,17-/m0/s1. The number of ether oxygens (including phenoxy) is 1. The third kappa shape index (κ3) is 3.83. The number of alkyl halides is 1. The minimum absolute atomic E-state index is 0.0420. The Morgan fingerprint density at radius 2 is 2.04 bits per heavy atom. The highest BCUT2D eigenvalue weighted by atomic mass is 79.9. The van der Waals surface area contributed by atoms with Crippen molar-refractivity contribution in [2.45, 2.75) is 29.5 Å². The first-order valence-electron chi connectivity index (χ1n) is 7.78. The van der Waals surface area contributed by atoms with Gasteiger partial charge in [0.2, 0.25) is 0 Å². The first-order chi connectivity index (χ1) is 12.6. The Labute approximate surface area is 162 Å². The molecule has 0 radical (unpaired) electrons. The van der Waals surface area contributed by atoms with Crippen LogP contribution < -0.4 is 4.74 Å². The third-order valence-corrected chi connectivity index (χ3v) is 5.85. The molecule has 2 N–H and O–H groups in total. The minimum Gasteiger partial charge on any atom is -0.481 e. The zero-order valence-corrected chi connectivity index (χ0v) is 16.4. The van der Waals surface area contributed by atoms with Gasteiger partial charge in [-0.15, -0.1) is 0 Å². The number of carboxylic acid groups (broad SMARTS) is 1. The number of hydrogen-bond acceptors (Lipinski definition) is 6. The van der Waals surface area contributed by atoms with Gasteiger partial charge < -0.3 is 14.9 Å². The molecule has 0 saturated carbocycles. The van der Waals surface area contributed by atoms with Crippen molar-refractivity contribution in [2.75, 3.05) is 6.26 Å². The van der Waals surface area contributed by atoms with Crippen molar-refractivity contribution < 1.29 is 32.6 Å². The number of aromatic nitrogens is 1.